The van der Waals surface area contributed by atoms with Gasteiger partial charge in [0.2, 0.25) is 0 Å². The number of ether oxygens (including phenoxy) is 1. The molecule has 112 valence electrons. The van der Waals surface area contributed by atoms with Crippen molar-refractivity contribution in [1.82, 2.24) is 14.3 Å². The molecule has 0 radical (unpaired) electrons. The van der Waals surface area contributed by atoms with E-state index in [-0.39, 0.29) is 17.8 Å². The number of morpholine rings is 1. The van der Waals surface area contributed by atoms with Gasteiger partial charge in [-0.05, 0) is 32.4 Å². The lowest BCUT2D eigenvalue weighted by atomic mass is 10.2. The van der Waals surface area contributed by atoms with Gasteiger partial charge in [-0.2, -0.15) is 0 Å². The van der Waals surface area contributed by atoms with Crippen molar-refractivity contribution in [2.45, 2.75) is 39.5 Å². The van der Waals surface area contributed by atoms with Crippen LogP contribution in [0.5, 0.6) is 0 Å². The first kappa shape index (κ1) is 14.2. The van der Waals surface area contributed by atoms with Gasteiger partial charge < -0.3 is 4.74 Å². The van der Waals surface area contributed by atoms with E-state index in [1.807, 2.05) is 19.1 Å². The van der Waals surface area contributed by atoms with E-state index in [0.717, 1.165) is 30.0 Å². The Balaban J connectivity index is 1.91. The highest BCUT2D eigenvalue weighted by Crippen LogP contribution is 2.13. The number of hydrogen-bond acceptors (Lipinski definition) is 4. The minimum Gasteiger partial charge on any atom is -0.373 e. The minimum absolute atomic E-state index is 0.0203. The van der Waals surface area contributed by atoms with Crippen molar-refractivity contribution in [3.8, 4) is 0 Å². The van der Waals surface area contributed by atoms with Crippen molar-refractivity contribution in [2.24, 2.45) is 0 Å². The maximum atomic E-state index is 12.2. The second kappa shape index (κ2) is 5.58. The Bertz CT molecular complexity index is 700. The molecule has 2 aromatic heterocycles. The molecule has 0 aromatic carbocycles. The molecule has 3 rings (SSSR count). The monoisotopic (exact) mass is 287 g/mol. The molecule has 5 nitrogen and oxygen atoms in total. The van der Waals surface area contributed by atoms with Crippen LogP contribution >= 0.6 is 0 Å². The maximum absolute atomic E-state index is 12.2. The number of pyridine rings is 1. The quantitative estimate of drug-likeness (QED) is 0.842. The molecule has 0 spiro atoms. The molecule has 3 heterocycles. The molecule has 0 saturated carbocycles. The summed E-state index contributed by atoms with van der Waals surface area (Å²) in [5.41, 5.74) is 2.57. The first-order chi connectivity index (χ1) is 10.0. The van der Waals surface area contributed by atoms with Crippen molar-refractivity contribution in [3.63, 3.8) is 0 Å². The minimum atomic E-state index is -0.0203. The van der Waals surface area contributed by atoms with Crippen LogP contribution in [-0.2, 0) is 11.3 Å². The van der Waals surface area contributed by atoms with Crippen LogP contribution in [0.15, 0.2) is 29.2 Å². The van der Waals surface area contributed by atoms with Crippen molar-refractivity contribution in [2.75, 3.05) is 13.1 Å². The number of rotatable bonds is 2. The number of aromatic nitrogens is 2. The summed E-state index contributed by atoms with van der Waals surface area (Å²) in [5, 5.41) is 0. The SMILES string of the molecule is Cc1cccn2c(=O)cc(CN3CC(C)OC(C)C3)nc12. The van der Waals surface area contributed by atoms with Crippen LogP contribution in [0.2, 0.25) is 0 Å². The van der Waals surface area contributed by atoms with Crippen LogP contribution in [0.4, 0.5) is 0 Å². The molecule has 21 heavy (non-hydrogen) atoms. The zero-order chi connectivity index (χ0) is 15.0. The van der Waals surface area contributed by atoms with E-state index < -0.39 is 0 Å². The van der Waals surface area contributed by atoms with E-state index in [9.17, 15) is 4.79 Å². The number of fused-ring (bicyclic) bond motifs is 1. The van der Waals surface area contributed by atoms with Crippen LogP contribution in [0.3, 0.4) is 0 Å². The van der Waals surface area contributed by atoms with Gasteiger partial charge in [0.05, 0.1) is 17.9 Å². The lowest BCUT2D eigenvalue weighted by Crippen LogP contribution is -2.45. The molecule has 1 fully saturated rings. The Morgan fingerprint density at radius 1 is 1.33 bits per heavy atom. The Morgan fingerprint density at radius 3 is 2.76 bits per heavy atom. The third-order valence-corrected chi connectivity index (χ3v) is 3.82. The molecule has 0 amide bonds. The van der Waals surface area contributed by atoms with Crippen LogP contribution in [0.25, 0.3) is 5.65 Å². The predicted molar refractivity (Wildman–Crippen MR) is 81.5 cm³/mol. The zero-order valence-corrected chi connectivity index (χ0v) is 12.7. The summed E-state index contributed by atoms with van der Waals surface area (Å²) in [6.07, 6.45) is 2.20. The summed E-state index contributed by atoms with van der Waals surface area (Å²) in [5.74, 6) is 0. The highest BCUT2D eigenvalue weighted by Gasteiger charge is 2.22. The molecule has 0 bridgehead atoms. The molecule has 2 atom stereocenters. The molecule has 0 aliphatic carbocycles. The van der Waals surface area contributed by atoms with Crippen LogP contribution < -0.4 is 5.56 Å². The second-order valence-corrected chi connectivity index (χ2v) is 5.92. The third-order valence-electron chi connectivity index (χ3n) is 3.82. The summed E-state index contributed by atoms with van der Waals surface area (Å²) < 4.78 is 7.34. The van der Waals surface area contributed by atoms with Crippen molar-refractivity contribution in [3.05, 3.63) is 46.0 Å². The van der Waals surface area contributed by atoms with Gasteiger partial charge in [0.15, 0.2) is 0 Å². The van der Waals surface area contributed by atoms with E-state index in [1.165, 1.54) is 0 Å². The van der Waals surface area contributed by atoms with Gasteiger partial charge >= 0.3 is 0 Å². The second-order valence-electron chi connectivity index (χ2n) is 5.92. The molecular formula is C16H21N3O2. The molecular weight excluding hydrogens is 266 g/mol. The molecule has 0 N–H and O–H groups in total. The van der Waals surface area contributed by atoms with E-state index in [1.54, 1.807) is 16.7 Å². The fraction of sp³-hybridized carbons (Fsp3) is 0.500. The Labute approximate surface area is 124 Å². The molecule has 2 aromatic rings. The predicted octanol–water partition coefficient (Wildman–Crippen LogP) is 1.61. The lowest BCUT2D eigenvalue weighted by molar-refractivity contribution is -0.0707. The van der Waals surface area contributed by atoms with Crippen molar-refractivity contribution < 1.29 is 4.74 Å². The average Bonchev–Trinajstić information content (AvgIpc) is 2.39. The number of aryl methyl sites for hydroxylation is 1. The Hall–Kier alpha value is -1.72. The Morgan fingerprint density at radius 2 is 2.05 bits per heavy atom. The molecule has 1 saturated heterocycles. The topological polar surface area (TPSA) is 46.8 Å². The van der Waals surface area contributed by atoms with Gasteiger partial charge in [-0.15, -0.1) is 0 Å². The average molecular weight is 287 g/mol. The van der Waals surface area contributed by atoms with Gasteiger partial charge in [0.25, 0.3) is 5.56 Å². The van der Waals surface area contributed by atoms with Gasteiger partial charge in [-0.25, -0.2) is 4.98 Å². The highest BCUT2D eigenvalue weighted by molar-refractivity contribution is 5.46. The van der Waals surface area contributed by atoms with Gasteiger partial charge in [0.1, 0.15) is 5.65 Å². The molecule has 5 heteroatoms. The van der Waals surface area contributed by atoms with Crippen LogP contribution in [0.1, 0.15) is 25.1 Å². The smallest absolute Gasteiger partial charge is 0.258 e. The summed E-state index contributed by atoms with van der Waals surface area (Å²) in [4.78, 5) is 19.2. The first-order valence-corrected chi connectivity index (χ1v) is 7.38. The highest BCUT2D eigenvalue weighted by atomic mass is 16.5. The summed E-state index contributed by atoms with van der Waals surface area (Å²) in [7, 11) is 0. The normalized spacial score (nSPS) is 23.6. The van der Waals surface area contributed by atoms with Gasteiger partial charge in [0, 0.05) is 31.9 Å². The van der Waals surface area contributed by atoms with E-state index in [2.05, 4.69) is 23.7 Å². The summed E-state index contributed by atoms with van der Waals surface area (Å²) >= 11 is 0. The van der Waals surface area contributed by atoms with E-state index in [4.69, 9.17) is 4.74 Å². The molecule has 1 aliphatic heterocycles. The fourth-order valence-corrected chi connectivity index (χ4v) is 3.03. The van der Waals surface area contributed by atoms with E-state index in [0.29, 0.717) is 6.54 Å². The fourth-order valence-electron chi connectivity index (χ4n) is 3.03. The summed E-state index contributed by atoms with van der Waals surface area (Å²) in [6.45, 7) is 8.58. The molecule has 1 aliphatic rings. The zero-order valence-electron chi connectivity index (χ0n) is 12.7. The summed E-state index contributed by atoms with van der Waals surface area (Å²) in [6, 6.07) is 5.48. The third kappa shape index (κ3) is 2.99. The van der Waals surface area contributed by atoms with Gasteiger partial charge in [-0.3, -0.25) is 14.1 Å². The maximum Gasteiger partial charge on any atom is 0.258 e. The van der Waals surface area contributed by atoms with Crippen molar-refractivity contribution in [1.29, 1.82) is 0 Å². The number of nitrogens with zero attached hydrogens (tertiary/aromatic N) is 3. The van der Waals surface area contributed by atoms with E-state index >= 15 is 0 Å². The van der Waals surface area contributed by atoms with Crippen molar-refractivity contribution >= 4 is 5.65 Å². The van der Waals surface area contributed by atoms with Crippen LogP contribution in [0, 0.1) is 6.92 Å². The first-order valence-electron chi connectivity index (χ1n) is 7.38. The standard InChI is InChI=1S/C16H21N3O2/c1-11-5-4-6-19-15(20)7-14(17-16(11)19)10-18-8-12(2)21-13(3)9-18/h4-7,12-13H,8-10H2,1-3H3. The Kier molecular flexibility index (Phi) is 3.78. The lowest BCUT2D eigenvalue weighted by Gasteiger charge is -2.35. The van der Waals surface area contributed by atoms with Gasteiger partial charge in [-0.1, -0.05) is 6.07 Å². The molecule has 2 unspecified atom stereocenters. The number of hydrogen-bond donors (Lipinski definition) is 0. The largest absolute Gasteiger partial charge is 0.373 e. The van der Waals surface area contributed by atoms with Crippen LogP contribution in [-0.4, -0.2) is 39.6 Å².